The lowest BCUT2D eigenvalue weighted by atomic mass is 10.1. The summed E-state index contributed by atoms with van der Waals surface area (Å²) < 4.78 is 22.6. The van der Waals surface area contributed by atoms with Gasteiger partial charge in [0.2, 0.25) is 0 Å². The summed E-state index contributed by atoms with van der Waals surface area (Å²) >= 11 is 6.03. The normalized spacial score (nSPS) is 22.8. The highest BCUT2D eigenvalue weighted by Crippen LogP contribution is 2.17. The van der Waals surface area contributed by atoms with Crippen LogP contribution in [-0.2, 0) is 16.4 Å². The summed E-state index contributed by atoms with van der Waals surface area (Å²) in [4.78, 5) is 0. The third-order valence-electron chi connectivity index (χ3n) is 3.06. The fourth-order valence-electron chi connectivity index (χ4n) is 1.96. The maximum absolute atomic E-state index is 11.3. The molecule has 0 amide bonds. The molecule has 1 aromatic carbocycles. The van der Waals surface area contributed by atoms with Gasteiger partial charge in [-0.3, -0.25) is 0 Å². The van der Waals surface area contributed by atoms with Crippen LogP contribution in [-0.4, -0.2) is 26.0 Å². The van der Waals surface area contributed by atoms with Crippen molar-refractivity contribution in [3.63, 3.8) is 0 Å². The Balaban J connectivity index is 1.92. The van der Waals surface area contributed by atoms with Crippen molar-refractivity contribution in [2.45, 2.75) is 25.9 Å². The monoisotopic (exact) mass is 273 g/mol. The van der Waals surface area contributed by atoms with Crippen LogP contribution in [0.5, 0.6) is 0 Å². The van der Waals surface area contributed by atoms with Gasteiger partial charge in [-0.05, 0) is 30.5 Å². The quantitative estimate of drug-likeness (QED) is 0.915. The first-order valence-electron chi connectivity index (χ1n) is 5.65. The van der Waals surface area contributed by atoms with Gasteiger partial charge >= 0.3 is 0 Å². The molecule has 0 radical (unpaired) electrons. The Morgan fingerprint density at radius 3 is 2.82 bits per heavy atom. The Morgan fingerprint density at radius 2 is 2.24 bits per heavy atom. The van der Waals surface area contributed by atoms with Crippen molar-refractivity contribution < 1.29 is 8.42 Å². The Hall–Kier alpha value is -0.580. The van der Waals surface area contributed by atoms with Gasteiger partial charge in [-0.2, -0.15) is 0 Å². The highest BCUT2D eigenvalue weighted by atomic mass is 35.5. The fourth-order valence-corrected chi connectivity index (χ4v) is 3.88. The molecule has 1 aliphatic heterocycles. The van der Waals surface area contributed by atoms with Gasteiger partial charge in [0.15, 0.2) is 9.84 Å². The van der Waals surface area contributed by atoms with E-state index in [-0.39, 0.29) is 11.8 Å². The largest absolute Gasteiger partial charge is 0.309 e. The number of benzene rings is 1. The lowest BCUT2D eigenvalue weighted by Crippen LogP contribution is -2.29. The van der Waals surface area contributed by atoms with Crippen LogP contribution in [0.3, 0.4) is 0 Å². The van der Waals surface area contributed by atoms with Crippen LogP contribution in [0.4, 0.5) is 0 Å². The summed E-state index contributed by atoms with van der Waals surface area (Å²) in [5.74, 6) is 0.561. The molecule has 94 valence electrons. The molecule has 1 N–H and O–H groups in total. The fraction of sp³-hybridized carbons (Fsp3) is 0.500. The maximum atomic E-state index is 11.3. The van der Waals surface area contributed by atoms with Crippen LogP contribution in [0.15, 0.2) is 18.2 Å². The van der Waals surface area contributed by atoms with Crippen molar-refractivity contribution in [1.82, 2.24) is 5.32 Å². The van der Waals surface area contributed by atoms with E-state index in [1.807, 2.05) is 25.1 Å². The van der Waals surface area contributed by atoms with E-state index in [9.17, 15) is 8.42 Å². The minimum atomic E-state index is -2.80. The highest BCUT2D eigenvalue weighted by molar-refractivity contribution is 7.91. The van der Waals surface area contributed by atoms with Gasteiger partial charge < -0.3 is 5.32 Å². The zero-order valence-electron chi connectivity index (χ0n) is 9.74. The van der Waals surface area contributed by atoms with Crippen molar-refractivity contribution in [3.8, 4) is 0 Å². The number of hydrogen-bond donors (Lipinski definition) is 1. The molecule has 0 aromatic heterocycles. The molecule has 5 heteroatoms. The van der Waals surface area contributed by atoms with Gasteiger partial charge in [0.1, 0.15) is 0 Å². The van der Waals surface area contributed by atoms with Crippen LogP contribution in [0, 0.1) is 6.92 Å². The molecule has 1 unspecified atom stereocenters. The van der Waals surface area contributed by atoms with E-state index in [0.29, 0.717) is 18.7 Å². The first kappa shape index (κ1) is 12.9. The molecule has 1 aromatic rings. The SMILES string of the molecule is Cc1ccc(CNC2CCS(=O)(=O)C2)cc1Cl. The lowest BCUT2D eigenvalue weighted by molar-refractivity contribution is 0.554. The van der Waals surface area contributed by atoms with Crippen molar-refractivity contribution in [2.24, 2.45) is 0 Å². The molecule has 2 rings (SSSR count). The van der Waals surface area contributed by atoms with Gasteiger partial charge in [-0.15, -0.1) is 0 Å². The third kappa shape index (κ3) is 3.44. The summed E-state index contributed by atoms with van der Waals surface area (Å²) in [7, 11) is -2.80. The summed E-state index contributed by atoms with van der Waals surface area (Å²) in [5, 5.41) is 4.02. The molecule has 1 aliphatic rings. The Morgan fingerprint density at radius 1 is 1.47 bits per heavy atom. The van der Waals surface area contributed by atoms with E-state index < -0.39 is 9.84 Å². The van der Waals surface area contributed by atoms with E-state index >= 15 is 0 Å². The van der Waals surface area contributed by atoms with E-state index in [4.69, 9.17) is 11.6 Å². The van der Waals surface area contributed by atoms with E-state index in [2.05, 4.69) is 5.32 Å². The first-order chi connectivity index (χ1) is 7.96. The second kappa shape index (κ2) is 4.96. The van der Waals surface area contributed by atoms with Crippen LogP contribution in [0.25, 0.3) is 0 Å². The Kier molecular flexibility index (Phi) is 3.76. The topological polar surface area (TPSA) is 46.2 Å². The van der Waals surface area contributed by atoms with Crippen molar-refractivity contribution in [2.75, 3.05) is 11.5 Å². The average molecular weight is 274 g/mol. The van der Waals surface area contributed by atoms with Crippen molar-refractivity contribution in [1.29, 1.82) is 0 Å². The van der Waals surface area contributed by atoms with E-state index in [1.165, 1.54) is 0 Å². The van der Waals surface area contributed by atoms with Crippen molar-refractivity contribution >= 4 is 21.4 Å². The molecular weight excluding hydrogens is 258 g/mol. The molecular formula is C12H16ClNO2S. The van der Waals surface area contributed by atoms with Crippen LogP contribution >= 0.6 is 11.6 Å². The highest BCUT2D eigenvalue weighted by Gasteiger charge is 2.27. The number of hydrogen-bond acceptors (Lipinski definition) is 3. The summed E-state index contributed by atoms with van der Waals surface area (Å²) in [6.45, 7) is 2.63. The van der Waals surface area contributed by atoms with Gasteiger partial charge in [-0.1, -0.05) is 23.7 Å². The summed E-state index contributed by atoms with van der Waals surface area (Å²) in [6.07, 6.45) is 0.710. The minimum Gasteiger partial charge on any atom is -0.309 e. The molecule has 0 aliphatic carbocycles. The number of halogens is 1. The van der Waals surface area contributed by atoms with Gasteiger partial charge in [-0.25, -0.2) is 8.42 Å². The van der Waals surface area contributed by atoms with Gasteiger partial charge in [0.25, 0.3) is 0 Å². The van der Waals surface area contributed by atoms with Gasteiger partial charge in [0.05, 0.1) is 11.5 Å². The average Bonchev–Trinajstić information content (AvgIpc) is 2.60. The number of sulfone groups is 1. The van der Waals surface area contributed by atoms with Crippen LogP contribution in [0.1, 0.15) is 17.5 Å². The van der Waals surface area contributed by atoms with Gasteiger partial charge in [0, 0.05) is 17.6 Å². The predicted molar refractivity (Wildman–Crippen MR) is 70.1 cm³/mol. The first-order valence-corrected chi connectivity index (χ1v) is 7.85. The zero-order chi connectivity index (χ0) is 12.5. The third-order valence-corrected chi connectivity index (χ3v) is 5.24. The Bertz CT molecular complexity index is 513. The summed E-state index contributed by atoms with van der Waals surface area (Å²) in [6, 6.07) is 6.00. The molecule has 3 nitrogen and oxygen atoms in total. The molecule has 0 saturated carbocycles. The molecule has 0 bridgehead atoms. The van der Waals surface area contributed by atoms with E-state index in [1.54, 1.807) is 0 Å². The number of aryl methyl sites for hydroxylation is 1. The molecule has 0 spiro atoms. The second-order valence-corrected chi connectivity index (χ2v) is 7.20. The zero-order valence-corrected chi connectivity index (χ0v) is 11.3. The molecule has 1 saturated heterocycles. The van der Waals surface area contributed by atoms with Crippen LogP contribution in [0.2, 0.25) is 5.02 Å². The smallest absolute Gasteiger partial charge is 0.151 e. The lowest BCUT2D eigenvalue weighted by Gasteiger charge is -2.11. The van der Waals surface area contributed by atoms with Crippen LogP contribution < -0.4 is 5.32 Å². The minimum absolute atomic E-state index is 0.0834. The molecule has 1 fully saturated rings. The molecule has 1 heterocycles. The predicted octanol–water partition coefficient (Wildman–Crippen LogP) is 1.93. The molecule has 1 atom stereocenters. The number of nitrogens with one attached hydrogen (secondary N) is 1. The Labute approximate surface area is 107 Å². The maximum Gasteiger partial charge on any atom is 0.151 e. The van der Waals surface area contributed by atoms with E-state index in [0.717, 1.165) is 16.1 Å². The standard InChI is InChI=1S/C12H16ClNO2S/c1-9-2-3-10(6-12(9)13)7-14-11-4-5-17(15,16)8-11/h2-3,6,11,14H,4-5,7-8H2,1H3. The molecule has 17 heavy (non-hydrogen) atoms. The second-order valence-electron chi connectivity index (χ2n) is 4.56. The number of rotatable bonds is 3. The summed E-state index contributed by atoms with van der Waals surface area (Å²) in [5.41, 5.74) is 2.14. The van der Waals surface area contributed by atoms with Crippen molar-refractivity contribution in [3.05, 3.63) is 34.3 Å².